The molecule has 2 nitrogen and oxygen atoms in total. The molecule has 0 unspecified atom stereocenters. The smallest absolute Gasteiger partial charge is 0.247 e. The molecule has 1 saturated heterocycles. The van der Waals surface area contributed by atoms with Crippen LogP contribution in [0, 0.1) is 18.6 Å². The van der Waals surface area contributed by atoms with Crippen molar-refractivity contribution in [1.29, 1.82) is 0 Å². The molecule has 1 aliphatic rings. The summed E-state index contributed by atoms with van der Waals surface area (Å²) < 4.78 is 27.1. The fraction of sp³-hybridized carbons (Fsp3) is 0.211. The van der Waals surface area contributed by atoms with E-state index in [0.29, 0.717) is 29.7 Å². The molecule has 3 rings (SSSR count). The molecule has 1 heterocycles. The fourth-order valence-electron chi connectivity index (χ4n) is 2.81. The van der Waals surface area contributed by atoms with E-state index in [9.17, 15) is 13.6 Å². The molecule has 0 saturated carbocycles. The summed E-state index contributed by atoms with van der Waals surface area (Å²) in [6, 6.07) is 8.82. The maximum atomic E-state index is 14.0. The molecule has 0 aliphatic carbocycles. The lowest BCUT2D eigenvalue weighted by molar-refractivity contribution is -0.118. The molecule has 118 valence electrons. The Bertz CT molecular complexity index is 779. The zero-order valence-corrected chi connectivity index (χ0v) is 12.8. The summed E-state index contributed by atoms with van der Waals surface area (Å²) in [6.07, 6.45) is 3.32. The fourth-order valence-corrected chi connectivity index (χ4v) is 2.81. The van der Waals surface area contributed by atoms with Gasteiger partial charge in [-0.1, -0.05) is 12.1 Å². The van der Waals surface area contributed by atoms with E-state index >= 15 is 0 Å². The molecule has 23 heavy (non-hydrogen) atoms. The van der Waals surface area contributed by atoms with E-state index in [1.54, 1.807) is 18.2 Å². The van der Waals surface area contributed by atoms with E-state index in [2.05, 4.69) is 5.32 Å². The van der Waals surface area contributed by atoms with Crippen LogP contribution in [0.15, 0.2) is 42.0 Å². The third kappa shape index (κ3) is 3.31. The highest BCUT2D eigenvalue weighted by Gasteiger charge is 2.15. The molecule has 2 aromatic carbocycles. The molecule has 0 radical (unpaired) electrons. The quantitative estimate of drug-likeness (QED) is 0.826. The van der Waals surface area contributed by atoms with Crippen molar-refractivity contribution >= 4 is 12.0 Å². The van der Waals surface area contributed by atoms with Crippen molar-refractivity contribution in [1.82, 2.24) is 5.32 Å². The Balaban J connectivity index is 2.07. The monoisotopic (exact) mass is 313 g/mol. The maximum absolute atomic E-state index is 14.0. The molecule has 4 heteroatoms. The first kappa shape index (κ1) is 15.4. The second kappa shape index (κ2) is 6.32. The molecule has 1 amide bonds. The number of benzene rings is 2. The van der Waals surface area contributed by atoms with Crippen LogP contribution in [0.2, 0.25) is 0 Å². The molecule has 0 spiro atoms. The van der Waals surface area contributed by atoms with Crippen LogP contribution in [0.25, 0.3) is 17.2 Å². The van der Waals surface area contributed by atoms with Gasteiger partial charge in [0, 0.05) is 12.1 Å². The highest BCUT2D eigenvalue weighted by molar-refractivity contribution is 5.98. The molecule has 1 aliphatic heterocycles. The summed E-state index contributed by atoms with van der Waals surface area (Å²) in [5, 5.41) is 2.80. The summed E-state index contributed by atoms with van der Waals surface area (Å²) >= 11 is 0. The predicted octanol–water partition coefficient (Wildman–Crippen LogP) is 4.23. The minimum Gasteiger partial charge on any atom is -0.352 e. The van der Waals surface area contributed by atoms with Crippen LogP contribution in [-0.4, -0.2) is 12.5 Å². The first-order chi connectivity index (χ1) is 11.0. The lowest BCUT2D eigenvalue weighted by Crippen LogP contribution is -2.30. The third-order valence-electron chi connectivity index (χ3n) is 4.10. The predicted molar refractivity (Wildman–Crippen MR) is 86.8 cm³/mol. The lowest BCUT2D eigenvalue weighted by atomic mass is 9.93. The van der Waals surface area contributed by atoms with E-state index in [1.807, 2.05) is 6.92 Å². The van der Waals surface area contributed by atoms with Crippen molar-refractivity contribution in [2.24, 2.45) is 0 Å². The molecular formula is C19H17F2NO. The molecule has 0 atom stereocenters. The van der Waals surface area contributed by atoms with Crippen LogP contribution in [-0.2, 0) is 4.79 Å². The Hall–Kier alpha value is -2.49. The summed E-state index contributed by atoms with van der Waals surface area (Å²) in [7, 11) is 0. The van der Waals surface area contributed by atoms with Gasteiger partial charge in [-0.05, 0) is 72.4 Å². The number of rotatable bonds is 2. The van der Waals surface area contributed by atoms with Gasteiger partial charge in [-0.2, -0.15) is 0 Å². The summed E-state index contributed by atoms with van der Waals surface area (Å²) in [5.74, 6) is -0.801. The van der Waals surface area contributed by atoms with Gasteiger partial charge in [0.15, 0.2) is 0 Å². The summed E-state index contributed by atoms with van der Waals surface area (Å²) in [4.78, 5) is 11.9. The van der Waals surface area contributed by atoms with Gasteiger partial charge in [0.2, 0.25) is 5.91 Å². The summed E-state index contributed by atoms with van der Waals surface area (Å²) in [6.45, 7) is 2.56. The Morgan fingerprint density at radius 1 is 1.09 bits per heavy atom. The minimum atomic E-state index is -0.377. The first-order valence-corrected chi connectivity index (χ1v) is 7.59. The van der Waals surface area contributed by atoms with Gasteiger partial charge in [0.1, 0.15) is 11.6 Å². The van der Waals surface area contributed by atoms with Crippen molar-refractivity contribution in [3.63, 3.8) is 0 Å². The van der Waals surface area contributed by atoms with Gasteiger partial charge >= 0.3 is 0 Å². The Kier molecular flexibility index (Phi) is 4.24. The van der Waals surface area contributed by atoms with Crippen molar-refractivity contribution in [2.75, 3.05) is 6.54 Å². The third-order valence-corrected chi connectivity index (χ3v) is 4.10. The van der Waals surface area contributed by atoms with Gasteiger partial charge in [-0.3, -0.25) is 4.79 Å². The largest absolute Gasteiger partial charge is 0.352 e. The van der Waals surface area contributed by atoms with Gasteiger partial charge in [0.05, 0.1) is 0 Å². The number of amides is 1. The number of carbonyl (C=O) groups excluding carboxylic acids is 1. The van der Waals surface area contributed by atoms with E-state index < -0.39 is 0 Å². The van der Waals surface area contributed by atoms with Crippen LogP contribution in [0.5, 0.6) is 0 Å². The molecule has 2 aromatic rings. The number of piperidine rings is 1. The van der Waals surface area contributed by atoms with Gasteiger partial charge in [-0.15, -0.1) is 0 Å². The van der Waals surface area contributed by atoms with Crippen molar-refractivity contribution in [2.45, 2.75) is 19.8 Å². The lowest BCUT2D eigenvalue weighted by Gasteiger charge is -2.16. The van der Waals surface area contributed by atoms with Crippen LogP contribution < -0.4 is 5.32 Å². The van der Waals surface area contributed by atoms with E-state index in [1.165, 1.54) is 24.3 Å². The second-order valence-corrected chi connectivity index (χ2v) is 5.70. The van der Waals surface area contributed by atoms with Crippen molar-refractivity contribution in [3.8, 4) is 11.1 Å². The van der Waals surface area contributed by atoms with E-state index in [-0.39, 0.29) is 17.5 Å². The summed E-state index contributed by atoms with van der Waals surface area (Å²) in [5.41, 5.74) is 3.65. The van der Waals surface area contributed by atoms with Gasteiger partial charge in [0.25, 0.3) is 0 Å². The highest BCUT2D eigenvalue weighted by atomic mass is 19.1. The number of nitrogens with one attached hydrogen (secondary N) is 1. The van der Waals surface area contributed by atoms with Crippen molar-refractivity contribution < 1.29 is 13.6 Å². The van der Waals surface area contributed by atoms with Crippen LogP contribution in [0.4, 0.5) is 8.78 Å². The topological polar surface area (TPSA) is 29.1 Å². The zero-order valence-electron chi connectivity index (χ0n) is 12.8. The number of carbonyl (C=O) groups is 1. The number of halogens is 2. The zero-order chi connectivity index (χ0) is 16.4. The molecule has 0 aromatic heterocycles. The minimum absolute atomic E-state index is 0.0942. The van der Waals surface area contributed by atoms with E-state index in [4.69, 9.17) is 0 Å². The number of hydrogen-bond donors (Lipinski definition) is 1. The van der Waals surface area contributed by atoms with Crippen LogP contribution >= 0.6 is 0 Å². The van der Waals surface area contributed by atoms with Crippen LogP contribution in [0.3, 0.4) is 0 Å². The molecule has 0 bridgehead atoms. The van der Waals surface area contributed by atoms with Crippen LogP contribution in [0.1, 0.15) is 24.0 Å². The normalized spacial score (nSPS) is 16.5. The molecular weight excluding hydrogens is 296 g/mol. The van der Waals surface area contributed by atoms with Crippen molar-refractivity contribution in [3.05, 3.63) is 64.7 Å². The van der Waals surface area contributed by atoms with Gasteiger partial charge in [-0.25, -0.2) is 8.78 Å². The average Bonchev–Trinajstić information content (AvgIpc) is 2.53. The maximum Gasteiger partial charge on any atom is 0.247 e. The standard InChI is InChI=1S/C19H17F2NO/c1-12-15(9-14-3-2-8-22-19(14)23)10-17(21)11-18(12)13-4-6-16(20)7-5-13/h4-7,9-11H,2-3,8H2,1H3,(H,22,23)/b14-9+. The molecule has 1 fully saturated rings. The Morgan fingerprint density at radius 2 is 1.83 bits per heavy atom. The average molecular weight is 313 g/mol. The van der Waals surface area contributed by atoms with E-state index in [0.717, 1.165) is 17.5 Å². The Labute approximate surface area is 133 Å². The first-order valence-electron chi connectivity index (χ1n) is 7.59. The highest BCUT2D eigenvalue weighted by Crippen LogP contribution is 2.29. The Morgan fingerprint density at radius 3 is 2.52 bits per heavy atom. The second-order valence-electron chi connectivity index (χ2n) is 5.70. The van der Waals surface area contributed by atoms with Gasteiger partial charge < -0.3 is 5.32 Å². The SMILES string of the molecule is Cc1c(/C=C2\CCCNC2=O)cc(F)cc1-c1ccc(F)cc1. The molecule has 1 N–H and O–H groups in total. The number of hydrogen-bond acceptors (Lipinski definition) is 1.